The Morgan fingerprint density at radius 2 is 1.95 bits per heavy atom. The van der Waals surface area contributed by atoms with E-state index < -0.39 is 0 Å². The Labute approximate surface area is 121 Å². The Morgan fingerprint density at radius 1 is 1.15 bits per heavy atom. The fourth-order valence-corrected chi connectivity index (χ4v) is 2.66. The first-order valence-electron chi connectivity index (χ1n) is 6.42. The van der Waals surface area contributed by atoms with Crippen molar-refractivity contribution in [2.24, 2.45) is 0 Å². The molecule has 0 bridgehead atoms. The van der Waals surface area contributed by atoms with E-state index >= 15 is 0 Å². The van der Waals surface area contributed by atoms with Crippen LogP contribution in [0.4, 0.5) is 0 Å². The second-order valence-electron chi connectivity index (χ2n) is 4.57. The molecule has 1 heterocycles. The van der Waals surface area contributed by atoms with Gasteiger partial charge in [0.2, 0.25) is 5.43 Å². The van der Waals surface area contributed by atoms with Gasteiger partial charge in [0.25, 0.3) is 0 Å². The zero-order chi connectivity index (χ0) is 14.1. The van der Waals surface area contributed by atoms with E-state index in [0.717, 1.165) is 11.1 Å². The third-order valence-corrected chi connectivity index (χ3v) is 3.64. The molecule has 0 saturated heterocycles. The first kappa shape index (κ1) is 12.9. The van der Waals surface area contributed by atoms with E-state index in [2.05, 4.69) is 0 Å². The van der Waals surface area contributed by atoms with Crippen molar-refractivity contribution < 1.29 is 4.42 Å². The number of rotatable bonds is 2. The van der Waals surface area contributed by atoms with Crippen molar-refractivity contribution >= 4 is 39.6 Å². The first-order chi connectivity index (χ1) is 9.76. The van der Waals surface area contributed by atoms with Gasteiger partial charge in [0, 0.05) is 5.88 Å². The van der Waals surface area contributed by atoms with Gasteiger partial charge in [-0.05, 0) is 36.2 Å². The van der Waals surface area contributed by atoms with Crippen molar-refractivity contribution in [1.82, 2.24) is 0 Å². The van der Waals surface area contributed by atoms with E-state index in [1.807, 2.05) is 43.3 Å². The van der Waals surface area contributed by atoms with Crippen LogP contribution < -0.4 is 5.43 Å². The van der Waals surface area contributed by atoms with Gasteiger partial charge in [0.05, 0.1) is 10.8 Å². The van der Waals surface area contributed by atoms with Crippen molar-refractivity contribution in [3.8, 4) is 0 Å². The molecule has 2 aromatic carbocycles. The van der Waals surface area contributed by atoms with E-state index in [0.29, 0.717) is 27.8 Å². The average Bonchev–Trinajstić information content (AvgIpc) is 2.48. The van der Waals surface area contributed by atoms with Crippen LogP contribution in [0.15, 0.2) is 51.7 Å². The fourth-order valence-electron chi connectivity index (χ4n) is 2.43. The zero-order valence-corrected chi connectivity index (χ0v) is 11.8. The van der Waals surface area contributed by atoms with Crippen LogP contribution >= 0.6 is 11.6 Å². The minimum atomic E-state index is -0.0121. The lowest BCUT2D eigenvalue weighted by molar-refractivity contribution is 0.659. The van der Waals surface area contributed by atoms with E-state index in [9.17, 15) is 4.79 Å². The zero-order valence-electron chi connectivity index (χ0n) is 11.0. The second-order valence-corrected chi connectivity index (χ2v) is 4.84. The molecule has 0 aliphatic heterocycles. The number of allylic oxidation sites excluding steroid dienone is 1. The van der Waals surface area contributed by atoms with Crippen molar-refractivity contribution in [3.05, 3.63) is 63.8 Å². The summed E-state index contributed by atoms with van der Waals surface area (Å²) < 4.78 is 5.84. The predicted molar refractivity (Wildman–Crippen MR) is 84.3 cm³/mol. The van der Waals surface area contributed by atoms with Crippen molar-refractivity contribution in [2.45, 2.75) is 12.8 Å². The van der Waals surface area contributed by atoms with Gasteiger partial charge in [0.15, 0.2) is 0 Å². The van der Waals surface area contributed by atoms with Gasteiger partial charge < -0.3 is 4.42 Å². The van der Waals surface area contributed by atoms with Gasteiger partial charge in [-0.2, -0.15) is 0 Å². The van der Waals surface area contributed by atoms with Gasteiger partial charge >= 0.3 is 0 Å². The summed E-state index contributed by atoms with van der Waals surface area (Å²) in [7, 11) is 0. The fraction of sp³-hybridized carbons (Fsp3) is 0.118. The number of alkyl halides is 1. The summed E-state index contributed by atoms with van der Waals surface area (Å²) >= 11 is 5.97. The third-order valence-electron chi connectivity index (χ3n) is 3.35. The molecule has 0 fully saturated rings. The Hall–Kier alpha value is -2.06. The highest BCUT2D eigenvalue weighted by atomic mass is 35.5. The van der Waals surface area contributed by atoms with Crippen LogP contribution in [-0.2, 0) is 5.88 Å². The number of halogens is 1. The molecule has 2 nitrogen and oxygen atoms in total. The molecule has 3 aromatic rings. The molecule has 1 aromatic heterocycles. The smallest absolute Gasteiger partial charge is 0.201 e. The lowest BCUT2D eigenvalue weighted by atomic mass is 10.0. The molecule has 3 rings (SSSR count). The Morgan fingerprint density at radius 3 is 2.70 bits per heavy atom. The van der Waals surface area contributed by atoms with E-state index in [1.165, 1.54) is 0 Å². The molecule has 20 heavy (non-hydrogen) atoms. The van der Waals surface area contributed by atoms with Crippen molar-refractivity contribution in [3.63, 3.8) is 0 Å². The predicted octanol–water partition coefficient (Wildman–Crippen LogP) is 4.72. The maximum Gasteiger partial charge on any atom is 0.201 e. The molecule has 0 amide bonds. The molecule has 0 atom stereocenters. The largest absolute Gasteiger partial charge is 0.456 e. The monoisotopic (exact) mass is 284 g/mol. The summed E-state index contributed by atoms with van der Waals surface area (Å²) in [5, 5.41) is 1.19. The molecule has 0 saturated carbocycles. The van der Waals surface area contributed by atoms with E-state index in [-0.39, 0.29) is 5.43 Å². The molecule has 100 valence electrons. The summed E-state index contributed by atoms with van der Waals surface area (Å²) in [5.41, 5.74) is 2.96. The molecule has 0 aliphatic rings. The summed E-state index contributed by atoms with van der Waals surface area (Å²) in [6.45, 7) is 1.92. The highest BCUT2D eigenvalue weighted by Gasteiger charge is 2.12. The van der Waals surface area contributed by atoms with Crippen LogP contribution in [-0.4, -0.2) is 0 Å². The minimum Gasteiger partial charge on any atom is -0.456 e. The van der Waals surface area contributed by atoms with Gasteiger partial charge in [-0.25, -0.2) is 0 Å². The Kier molecular flexibility index (Phi) is 3.33. The maximum atomic E-state index is 12.7. The molecule has 0 N–H and O–H groups in total. The van der Waals surface area contributed by atoms with E-state index in [1.54, 1.807) is 12.1 Å². The lowest BCUT2D eigenvalue weighted by Crippen LogP contribution is -2.05. The standard InChI is InChI=1S/C17H13ClO2/c1-2-5-12-11(10-18)8-9-15-16(12)17(19)13-6-3-4-7-14(13)20-15/h2-9H,10H2,1H3/b5-2-. The lowest BCUT2D eigenvalue weighted by Gasteiger charge is -2.08. The molecule has 0 unspecified atom stereocenters. The molecule has 0 aliphatic carbocycles. The minimum absolute atomic E-state index is 0.0121. The van der Waals surface area contributed by atoms with Crippen LogP contribution in [0.25, 0.3) is 28.0 Å². The number of para-hydroxylation sites is 1. The normalized spacial score (nSPS) is 11.7. The highest BCUT2D eigenvalue weighted by Crippen LogP contribution is 2.26. The number of benzene rings is 2. The summed E-state index contributed by atoms with van der Waals surface area (Å²) in [5.74, 6) is 0.363. The van der Waals surface area contributed by atoms with Gasteiger partial charge in [-0.3, -0.25) is 4.79 Å². The molecule has 0 radical (unpaired) electrons. The summed E-state index contributed by atoms with van der Waals surface area (Å²) in [6, 6.07) is 11.0. The SMILES string of the molecule is C/C=C\c1c(CCl)ccc2oc3ccccc3c(=O)c12. The van der Waals surface area contributed by atoms with Crippen LogP contribution in [0.5, 0.6) is 0 Å². The third kappa shape index (κ3) is 1.93. The average molecular weight is 285 g/mol. The number of hydrogen-bond acceptors (Lipinski definition) is 2. The molecule has 0 spiro atoms. The molecule has 3 heteroatoms. The van der Waals surface area contributed by atoms with Gasteiger partial charge in [-0.1, -0.05) is 30.4 Å². The van der Waals surface area contributed by atoms with Crippen LogP contribution in [0.2, 0.25) is 0 Å². The van der Waals surface area contributed by atoms with E-state index in [4.69, 9.17) is 16.0 Å². The van der Waals surface area contributed by atoms with Gasteiger partial charge in [0.1, 0.15) is 11.2 Å². The molecular formula is C17H13ClO2. The van der Waals surface area contributed by atoms with Crippen LogP contribution in [0.3, 0.4) is 0 Å². The second kappa shape index (κ2) is 5.14. The highest BCUT2D eigenvalue weighted by molar-refractivity contribution is 6.17. The first-order valence-corrected chi connectivity index (χ1v) is 6.96. The Bertz CT molecular complexity index is 875. The quantitative estimate of drug-likeness (QED) is 0.503. The number of fused-ring (bicyclic) bond motifs is 2. The molecular weight excluding hydrogens is 272 g/mol. The van der Waals surface area contributed by atoms with Crippen LogP contribution in [0, 0.1) is 0 Å². The number of hydrogen-bond donors (Lipinski definition) is 0. The van der Waals surface area contributed by atoms with Gasteiger partial charge in [-0.15, -0.1) is 11.6 Å². The maximum absolute atomic E-state index is 12.7. The topological polar surface area (TPSA) is 30.2 Å². The van der Waals surface area contributed by atoms with Crippen molar-refractivity contribution in [2.75, 3.05) is 0 Å². The Balaban J connectivity index is 2.56. The van der Waals surface area contributed by atoms with Crippen molar-refractivity contribution in [1.29, 1.82) is 0 Å². The summed E-state index contributed by atoms with van der Waals surface area (Å²) in [6.07, 6.45) is 3.81. The summed E-state index contributed by atoms with van der Waals surface area (Å²) in [4.78, 5) is 12.7. The van der Waals surface area contributed by atoms with Crippen LogP contribution in [0.1, 0.15) is 18.1 Å².